The van der Waals surface area contributed by atoms with Crippen molar-refractivity contribution in [2.75, 3.05) is 0 Å². The lowest BCUT2D eigenvalue weighted by molar-refractivity contribution is 0.305. The molecule has 2 N–H and O–H groups in total. The molecule has 0 radical (unpaired) electrons. The predicted molar refractivity (Wildman–Crippen MR) is 94.1 cm³/mol. The molecule has 4 heteroatoms. The normalized spacial score (nSPS) is 12.4. The minimum atomic E-state index is 0.176. The van der Waals surface area contributed by atoms with Gasteiger partial charge in [0.1, 0.15) is 12.4 Å². The molecule has 1 atom stereocenters. The number of nitrogens with two attached hydrogens (primary N) is 1. The Balaban J connectivity index is 2.07. The van der Waals surface area contributed by atoms with Crippen LogP contribution in [0, 0.1) is 0 Å². The van der Waals surface area contributed by atoms with Crippen LogP contribution >= 0.6 is 27.3 Å². The average Bonchev–Trinajstić information content (AvgIpc) is 2.94. The van der Waals surface area contributed by atoms with Crippen LogP contribution in [-0.4, -0.2) is 6.04 Å². The van der Waals surface area contributed by atoms with E-state index in [1.165, 1.54) is 15.3 Å². The molecule has 0 spiro atoms. The molecule has 2 aromatic rings. The highest BCUT2D eigenvalue weighted by Gasteiger charge is 2.09. The van der Waals surface area contributed by atoms with Crippen molar-refractivity contribution in [1.82, 2.24) is 0 Å². The smallest absolute Gasteiger partial charge is 0.123 e. The lowest BCUT2D eigenvalue weighted by Gasteiger charge is -2.14. The summed E-state index contributed by atoms with van der Waals surface area (Å²) in [4.78, 5) is 2.66. The average molecular weight is 368 g/mol. The van der Waals surface area contributed by atoms with E-state index in [9.17, 15) is 0 Å². The van der Waals surface area contributed by atoms with Crippen LogP contribution in [0.1, 0.15) is 35.6 Å². The standard InChI is InChI=1S/C17H22BrNOS/c1-3-14(19)10-12-9-13(18)5-8-17(12)20-11-16-7-6-15(4-2)21-16/h5-9,14H,3-4,10-11,19H2,1-2H3. The summed E-state index contributed by atoms with van der Waals surface area (Å²) in [5.41, 5.74) is 7.26. The summed E-state index contributed by atoms with van der Waals surface area (Å²) >= 11 is 5.34. The highest BCUT2D eigenvalue weighted by molar-refractivity contribution is 9.10. The Morgan fingerprint density at radius 2 is 1.95 bits per heavy atom. The largest absolute Gasteiger partial charge is 0.488 e. The Bertz CT molecular complexity index is 582. The van der Waals surface area contributed by atoms with Crippen molar-refractivity contribution in [3.05, 3.63) is 50.1 Å². The molecule has 0 aliphatic rings. The van der Waals surface area contributed by atoms with Crippen LogP contribution in [0.2, 0.25) is 0 Å². The van der Waals surface area contributed by atoms with Gasteiger partial charge >= 0.3 is 0 Å². The van der Waals surface area contributed by atoms with E-state index in [2.05, 4.69) is 48.0 Å². The van der Waals surface area contributed by atoms with Gasteiger partial charge in [0.15, 0.2) is 0 Å². The molecule has 0 bridgehead atoms. The van der Waals surface area contributed by atoms with Crippen LogP contribution in [-0.2, 0) is 19.4 Å². The fourth-order valence-corrected chi connectivity index (χ4v) is 3.39. The van der Waals surface area contributed by atoms with E-state index in [1.807, 2.05) is 23.5 Å². The summed E-state index contributed by atoms with van der Waals surface area (Å²) in [6.07, 6.45) is 2.90. The number of thiophene rings is 1. The second-order valence-corrected chi connectivity index (χ2v) is 7.30. The molecule has 21 heavy (non-hydrogen) atoms. The molecule has 0 aliphatic carbocycles. The van der Waals surface area contributed by atoms with Crippen molar-refractivity contribution >= 4 is 27.3 Å². The Kier molecular flexibility index (Phi) is 6.27. The second-order valence-electron chi connectivity index (χ2n) is 5.13. The third-order valence-corrected chi connectivity index (χ3v) is 5.16. The first-order chi connectivity index (χ1) is 10.1. The molecular weight excluding hydrogens is 346 g/mol. The minimum absolute atomic E-state index is 0.176. The van der Waals surface area contributed by atoms with Gasteiger partial charge in [-0.05, 0) is 55.2 Å². The summed E-state index contributed by atoms with van der Waals surface area (Å²) in [5.74, 6) is 0.938. The summed E-state index contributed by atoms with van der Waals surface area (Å²) in [5, 5.41) is 0. The van der Waals surface area contributed by atoms with Crippen LogP contribution < -0.4 is 10.5 Å². The van der Waals surface area contributed by atoms with E-state index in [4.69, 9.17) is 10.5 Å². The summed E-state index contributed by atoms with van der Waals surface area (Å²) < 4.78 is 7.08. The molecule has 0 aliphatic heterocycles. The van der Waals surface area contributed by atoms with E-state index in [1.54, 1.807) is 0 Å². The molecule has 114 valence electrons. The molecule has 1 aromatic heterocycles. The van der Waals surface area contributed by atoms with E-state index in [0.717, 1.165) is 29.5 Å². The first kappa shape index (κ1) is 16.5. The van der Waals surface area contributed by atoms with Crippen molar-refractivity contribution in [3.63, 3.8) is 0 Å². The molecule has 2 rings (SSSR count). The molecule has 2 nitrogen and oxygen atoms in total. The van der Waals surface area contributed by atoms with Crippen molar-refractivity contribution in [2.24, 2.45) is 5.73 Å². The number of benzene rings is 1. The number of ether oxygens (including phenoxy) is 1. The number of rotatable bonds is 7. The van der Waals surface area contributed by atoms with E-state index in [0.29, 0.717) is 6.61 Å². The maximum Gasteiger partial charge on any atom is 0.123 e. The van der Waals surface area contributed by atoms with E-state index < -0.39 is 0 Å². The van der Waals surface area contributed by atoms with Crippen LogP contribution in [0.15, 0.2) is 34.8 Å². The fourth-order valence-electron chi connectivity index (χ4n) is 2.11. The van der Waals surface area contributed by atoms with Crippen molar-refractivity contribution in [2.45, 2.75) is 45.8 Å². The van der Waals surface area contributed by atoms with Gasteiger partial charge in [-0.25, -0.2) is 0 Å². The van der Waals surface area contributed by atoms with Gasteiger partial charge in [0.05, 0.1) is 0 Å². The third-order valence-electron chi connectivity index (χ3n) is 3.46. The van der Waals surface area contributed by atoms with Gasteiger partial charge in [-0.3, -0.25) is 0 Å². The number of aryl methyl sites for hydroxylation is 1. The Morgan fingerprint density at radius 3 is 2.62 bits per heavy atom. The maximum atomic E-state index is 6.08. The second kappa shape index (κ2) is 7.97. The predicted octanol–water partition coefficient (Wildman–Crippen LogP) is 4.93. The fraction of sp³-hybridized carbons (Fsp3) is 0.412. The quantitative estimate of drug-likeness (QED) is 0.752. The van der Waals surface area contributed by atoms with Gasteiger partial charge in [0, 0.05) is 20.3 Å². The SMILES string of the molecule is CCc1ccc(COc2ccc(Br)cc2CC(N)CC)s1. The first-order valence-electron chi connectivity index (χ1n) is 7.36. The Hall–Kier alpha value is -0.840. The summed E-state index contributed by atoms with van der Waals surface area (Å²) in [6, 6.07) is 10.7. The molecule has 0 saturated heterocycles. The van der Waals surface area contributed by atoms with Crippen LogP contribution in [0.25, 0.3) is 0 Å². The zero-order chi connectivity index (χ0) is 15.2. The van der Waals surface area contributed by atoms with Gasteiger partial charge in [-0.2, -0.15) is 0 Å². The van der Waals surface area contributed by atoms with Gasteiger partial charge in [-0.15, -0.1) is 11.3 Å². The third kappa shape index (κ3) is 4.83. The molecule has 1 unspecified atom stereocenters. The van der Waals surface area contributed by atoms with Gasteiger partial charge in [-0.1, -0.05) is 29.8 Å². The highest BCUT2D eigenvalue weighted by atomic mass is 79.9. The molecule has 0 amide bonds. The van der Waals surface area contributed by atoms with Crippen molar-refractivity contribution < 1.29 is 4.74 Å². The molecule has 1 aromatic carbocycles. The number of hydrogen-bond donors (Lipinski definition) is 1. The van der Waals surface area contributed by atoms with Crippen LogP contribution in [0.4, 0.5) is 0 Å². The van der Waals surface area contributed by atoms with E-state index >= 15 is 0 Å². The van der Waals surface area contributed by atoms with Crippen molar-refractivity contribution in [1.29, 1.82) is 0 Å². The topological polar surface area (TPSA) is 35.2 Å². The molecule has 0 fully saturated rings. The van der Waals surface area contributed by atoms with Gasteiger partial charge < -0.3 is 10.5 Å². The summed E-state index contributed by atoms with van der Waals surface area (Å²) in [7, 11) is 0. The highest BCUT2D eigenvalue weighted by Crippen LogP contribution is 2.26. The monoisotopic (exact) mass is 367 g/mol. The molecule has 0 saturated carbocycles. The van der Waals surface area contributed by atoms with Crippen LogP contribution in [0.3, 0.4) is 0 Å². The maximum absolute atomic E-state index is 6.08. The summed E-state index contributed by atoms with van der Waals surface area (Å²) in [6.45, 7) is 4.91. The number of halogens is 1. The molecular formula is C17H22BrNOS. The molecule has 1 heterocycles. The Morgan fingerprint density at radius 1 is 1.19 bits per heavy atom. The zero-order valence-electron chi connectivity index (χ0n) is 12.6. The zero-order valence-corrected chi connectivity index (χ0v) is 15.0. The van der Waals surface area contributed by atoms with Crippen molar-refractivity contribution in [3.8, 4) is 5.75 Å². The Labute approximate surface area is 139 Å². The van der Waals surface area contributed by atoms with E-state index in [-0.39, 0.29) is 6.04 Å². The van der Waals surface area contributed by atoms with Crippen LogP contribution in [0.5, 0.6) is 5.75 Å². The van der Waals surface area contributed by atoms with Gasteiger partial charge in [0.25, 0.3) is 0 Å². The first-order valence-corrected chi connectivity index (χ1v) is 8.97. The lowest BCUT2D eigenvalue weighted by Crippen LogP contribution is -2.21. The minimum Gasteiger partial charge on any atom is -0.488 e. The lowest BCUT2D eigenvalue weighted by atomic mass is 10.0. The van der Waals surface area contributed by atoms with Gasteiger partial charge in [0.2, 0.25) is 0 Å². The number of hydrogen-bond acceptors (Lipinski definition) is 3.